The quantitative estimate of drug-likeness (QED) is 0.328. The van der Waals surface area contributed by atoms with Crippen LogP contribution in [0.15, 0.2) is 65.8 Å². The average molecular weight is 560 g/mol. The number of carbonyl (C=O) groups excluding carboxylic acids is 1. The first-order valence-corrected chi connectivity index (χ1v) is 16.5. The van der Waals surface area contributed by atoms with Crippen LogP contribution in [0.5, 0.6) is 0 Å². The van der Waals surface area contributed by atoms with Gasteiger partial charge < -0.3 is 15.1 Å². The van der Waals surface area contributed by atoms with Gasteiger partial charge in [0.15, 0.2) is 0 Å². The third-order valence-electron chi connectivity index (χ3n) is 11.4. The van der Waals surface area contributed by atoms with E-state index >= 15 is 0 Å². The van der Waals surface area contributed by atoms with E-state index < -0.39 is 5.60 Å². The Morgan fingerprint density at radius 3 is 2.66 bits per heavy atom. The molecule has 1 saturated heterocycles. The molecule has 1 aromatic carbocycles. The molecule has 4 nitrogen and oxygen atoms in total. The van der Waals surface area contributed by atoms with Gasteiger partial charge in [0.25, 0.3) is 5.91 Å². The third-order valence-corrected chi connectivity index (χ3v) is 11.4. The molecule has 0 aromatic heterocycles. The van der Waals surface area contributed by atoms with Gasteiger partial charge in [0.2, 0.25) is 0 Å². The van der Waals surface area contributed by atoms with Gasteiger partial charge in [-0.3, -0.25) is 4.79 Å². The molecule has 0 radical (unpaired) electrons. The first kappa shape index (κ1) is 30.3. The van der Waals surface area contributed by atoms with Crippen LogP contribution in [0.1, 0.15) is 103 Å². The zero-order chi connectivity index (χ0) is 29.2. The fourth-order valence-electron chi connectivity index (χ4n) is 9.27. The van der Waals surface area contributed by atoms with Gasteiger partial charge in [0.05, 0.1) is 6.10 Å². The van der Waals surface area contributed by atoms with Crippen molar-refractivity contribution in [2.45, 2.75) is 122 Å². The summed E-state index contributed by atoms with van der Waals surface area (Å²) < 4.78 is 0. The molecule has 0 bridgehead atoms. The van der Waals surface area contributed by atoms with Crippen molar-refractivity contribution in [3.05, 3.63) is 71.3 Å². The minimum absolute atomic E-state index is 0.0478. The van der Waals surface area contributed by atoms with E-state index in [1.165, 1.54) is 43.2 Å². The number of fused-ring (bicyclic) bond motifs is 1. The molecule has 1 heterocycles. The summed E-state index contributed by atoms with van der Waals surface area (Å²) in [5.74, 6) is 1.69. The fraction of sp³-hybridized carbons (Fsp3) is 0.649. The van der Waals surface area contributed by atoms with E-state index in [1.54, 1.807) is 5.57 Å². The molecule has 2 unspecified atom stereocenters. The highest BCUT2D eigenvalue weighted by atomic mass is 16.3. The number of aliphatic hydroxyl groups is 2. The van der Waals surface area contributed by atoms with Gasteiger partial charge in [-0.2, -0.15) is 0 Å². The number of amides is 1. The molecule has 41 heavy (non-hydrogen) atoms. The average Bonchev–Trinajstić information content (AvgIpc) is 3.42. The smallest absolute Gasteiger partial charge is 0.254 e. The lowest BCUT2D eigenvalue weighted by Gasteiger charge is -2.45. The molecule has 7 atom stereocenters. The highest BCUT2D eigenvalue weighted by molar-refractivity contribution is 5.87. The van der Waals surface area contributed by atoms with Crippen molar-refractivity contribution in [1.29, 1.82) is 0 Å². The monoisotopic (exact) mass is 559 g/mol. The molecular weight excluding hydrogens is 506 g/mol. The Kier molecular flexibility index (Phi) is 9.31. The summed E-state index contributed by atoms with van der Waals surface area (Å²) >= 11 is 0. The van der Waals surface area contributed by atoms with Crippen LogP contribution in [0.25, 0.3) is 0 Å². The zero-order valence-corrected chi connectivity index (χ0v) is 25.8. The summed E-state index contributed by atoms with van der Waals surface area (Å²) in [5.41, 5.74) is 4.05. The Labute approximate surface area is 248 Å². The molecule has 1 aromatic rings. The molecule has 224 valence electrons. The lowest BCUT2D eigenvalue weighted by atomic mass is 9.60. The second-order valence-corrected chi connectivity index (χ2v) is 14.0. The standard InChI is InChI=1S/C37H53NO3/c1-5-21-37(41)25-31(38(35(37)40)23-20-28-11-7-6-8-12-28)24-26(2)32-18-19-33-30(14-10-22-36(32,33)4)17-16-29-13-9-15-34(39)27(29)3/h6-8,11-12,16-17,26,31-34,39,41H,3,5,9-10,13-15,18-25H2,1-2,4H3/b29-16-,30-17+/t26-,31?,32-,33+,34+,36-,37?/m1/s1. The van der Waals surface area contributed by atoms with E-state index in [0.717, 1.165) is 44.1 Å². The van der Waals surface area contributed by atoms with Gasteiger partial charge in [-0.1, -0.05) is 81.8 Å². The largest absolute Gasteiger partial charge is 0.388 e. The Hall–Kier alpha value is -2.17. The number of carbonyl (C=O) groups is 1. The zero-order valence-electron chi connectivity index (χ0n) is 25.8. The van der Waals surface area contributed by atoms with Gasteiger partial charge in [0.1, 0.15) is 5.60 Å². The van der Waals surface area contributed by atoms with Crippen LogP contribution in [-0.2, 0) is 11.2 Å². The van der Waals surface area contributed by atoms with Crippen LogP contribution in [-0.4, -0.2) is 45.3 Å². The predicted molar refractivity (Wildman–Crippen MR) is 167 cm³/mol. The van der Waals surface area contributed by atoms with Crippen molar-refractivity contribution in [1.82, 2.24) is 4.90 Å². The van der Waals surface area contributed by atoms with Crippen molar-refractivity contribution >= 4 is 5.91 Å². The van der Waals surface area contributed by atoms with E-state index in [2.05, 4.69) is 63.8 Å². The number of aliphatic hydroxyl groups excluding tert-OH is 1. The highest BCUT2D eigenvalue weighted by Crippen LogP contribution is 2.60. The maximum Gasteiger partial charge on any atom is 0.254 e. The SMILES string of the molecule is C=C1/C(=C\C=C2/CCC[C@]3(C)[C@@H]([C@H](C)CC4CC(O)(CCC)C(=O)N4CCc4ccccc4)CC[C@@H]23)CCC[C@@H]1O. The highest BCUT2D eigenvalue weighted by Gasteiger charge is 2.53. The molecule has 1 aliphatic heterocycles. The van der Waals surface area contributed by atoms with E-state index in [4.69, 9.17) is 0 Å². The van der Waals surface area contributed by atoms with Crippen LogP contribution in [0.4, 0.5) is 0 Å². The molecule has 0 spiro atoms. The van der Waals surface area contributed by atoms with Crippen LogP contribution < -0.4 is 0 Å². The van der Waals surface area contributed by atoms with Gasteiger partial charge >= 0.3 is 0 Å². The Morgan fingerprint density at radius 1 is 1.12 bits per heavy atom. The molecule has 1 amide bonds. The molecule has 2 N–H and O–H groups in total. The maximum atomic E-state index is 13.6. The number of hydrogen-bond donors (Lipinski definition) is 2. The van der Waals surface area contributed by atoms with Gasteiger partial charge in [-0.05, 0) is 111 Å². The minimum Gasteiger partial charge on any atom is -0.388 e. The summed E-state index contributed by atoms with van der Waals surface area (Å²) in [6.45, 7) is 11.9. The van der Waals surface area contributed by atoms with E-state index in [-0.39, 0.29) is 23.5 Å². The van der Waals surface area contributed by atoms with Crippen molar-refractivity contribution in [2.75, 3.05) is 6.54 Å². The lowest BCUT2D eigenvalue weighted by Crippen LogP contribution is -2.42. The molecule has 4 fully saturated rings. The Morgan fingerprint density at radius 2 is 1.90 bits per heavy atom. The number of hydrogen-bond acceptors (Lipinski definition) is 3. The predicted octanol–water partition coefficient (Wildman–Crippen LogP) is 7.56. The Bertz CT molecular complexity index is 1150. The summed E-state index contributed by atoms with van der Waals surface area (Å²) in [7, 11) is 0. The van der Waals surface area contributed by atoms with Crippen molar-refractivity contribution < 1.29 is 15.0 Å². The van der Waals surface area contributed by atoms with Crippen molar-refractivity contribution in [2.24, 2.45) is 23.2 Å². The van der Waals surface area contributed by atoms with Gasteiger partial charge in [-0.25, -0.2) is 0 Å². The first-order chi connectivity index (χ1) is 19.7. The third kappa shape index (κ3) is 6.15. The van der Waals surface area contributed by atoms with E-state index in [9.17, 15) is 15.0 Å². The van der Waals surface area contributed by atoms with Crippen LogP contribution in [0, 0.1) is 23.2 Å². The van der Waals surface area contributed by atoms with Crippen molar-refractivity contribution in [3.8, 4) is 0 Å². The van der Waals surface area contributed by atoms with Crippen LogP contribution in [0.3, 0.4) is 0 Å². The molecule has 4 aliphatic rings. The van der Waals surface area contributed by atoms with Crippen LogP contribution >= 0.6 is 0 Å². The first-order valence-electron chi connectivity index (χ1n) is 16.5. The van der Waals surface area contributed by atoms with Crippen LogP contribution in [0.2, 0.25) is 0 Å². The van der Waals surface area contributed by atoms with E-state index in [1.807, 2.05) is 11.0 Å². The molecule has 4 heteroatoms. The summed E-state index contributed by atoms with van der Waals surface area (Å²) in [5, 5.41) is 21.7. The summed E-state index contributed by atoms with van der Waals surface area (Å²) in [6.07, 6.45) is 17.1. The second-order valence-electron chi connectivity index (χ2n) is 14.0. The topological polar surface area (TPSA) is 60.8 Å². The molecule has 5 rings (SSSR count). The fourth-order valence-corrected chi connectivity index (χ4v) is 9.27. The van der Waals surface area contributed by atoms with Crippen molar-refractivity contribution in [3.63, 3.8) is 0 Å². The molecule has 3 aliphatic carbocycles. The molecular formula is C37H53NO3. The maximum absolute atomic E-state index is 13.6. The Balaban J connectivity index is 1.30. The van der Waals surface area contributed by atoms with E-state index in [0.29, 0.717) is 37.1 Å². The van der Waals surface area contributed by atoms with Gasteiger partial charge in [0, 0.05) is 19.0 Å². The number of rotatable bonds is 9. The number of benzene rings is 1. The second kappa shape index (κ2) is 12.6. The number of likely N-dealkylation sites (tertiary alicyclic amines) is 1. The molecule has 3 saturated carbocycles. The normalized spacial score (nSPS) is 36.8. The van der Waals surface area contributed by atoms with Gasteiger partial charge in [-0.15, -0.1) is 0 Å². The lowest BCUT2D eigenvalue weighted by molar-refractivity contribution is -0.144. The number of nitrogens with zero attached hydrogens (tertiary/aromatic N) is 1. The summed E-state index contributed by atoms with van der Waals surface area (Å²) in [4.78, 5) is 15.6. The number of allylic oxidation sites excluding steroid dienone is 3. The minimum atomic E-state index is -1.21. The summed E-state index contributed by atoms with van der Waals surface area (Å²) in [6, 6.07) is 10.5.